The van der Waals surface area contributed by atoms with Crippen molar-refractivity contribution in [2.45, 2.75) is 56.9 Å². The Morgan fingerprint density at radius 3 is 2.21 bits per heavy atom. The maximum atomic E-state index is 5.30. The molecule has 34 heavy (non-hydrogen) atoms. The molecule has 0 aliphatic heterocycles. The van der Waals surface area contributed by atoms with Crippen LogP contribution in [0.3, 0.4) is 0 Å². The van der Waals surface area contributed by atoms with E-state index in [1.54, 1.807) is 6.20 Å². The van der Waals surface area contributed by atoms with Crippen LogP contribution in [-0.4, -0.2) is 15.0 Å². The largest absolute Gasteiger partial charge is 0.374 e. The van der Waals surface area contributed by atoms with E-state index in [2.05, 4.69) is 84.8 Å². The summed E-state index contributed by atoms with van der Waals surface area (Å²) in [5.41, 5.74) is 5.81. The van der Waals surface area contributed by atoms with Gasteiger partial charge in [-0.05, 0) is 75.2 Å². The van der Waals surface area contributed by atoms with Gasteiger partial charge in [-0.15, -0.1) is 0 Å². The zero-order valence-corrected chi connectivity index (χ0v) is 20.0. The van der Waals surface area contributed by atoms with Crippen molar-refractivity contribution in [2.24, 2.45) is 0 Å². The third kappa shape index (κ3) is 4.45. The van der Waals surface area contributed by atoms with Gasteiger partial charge >= 0.3 is 0 Å². The molecular weight excluding hydrogens is 416 g/mol. The Morgan fingerprint density at radius 2 is 1.47 bits per heavy atom. The molecule has 0 saturated heterocycles. The molecule has 1 aromatic carbocycles. The number of para-hydroxylation sites is 1. The Kier molecular flexibility index (Phi) is 6.14. The molecule has 5 rings (SSSR count). The zero-order valence-electron chi connectivity index (χ0n) is 20.0. The summed E-state index contributed by atoms with van der Waals surface area (Å²) < 4.78 is 0. The van der Waals surface area contributed by atoms with E-state index < -0.39 is 0 Å². The van der Waals surface area contributed by atoms with Crippen LogP contribution in [0.4, 0.5) is 5.69 Å². The van der Waals surface area contributed by atoms with Crippen LogP contribution in [0, 0.1) is 0 Å². The molecule has 3 aromatic heterocycles. The summed E-state index contributed by atoms with van der Waals surface area (Å²) in [6, 6.07) is 27.3. The highest BCUT2D eigenvalue weighted by atomic mass is 15.0. The van der Waals surface area contributed by atoms with E-state index in [1.807, 2.05) is 24.4 Å². The van der Waals surface area contributed by atoms with Crippen molar-refractivity contribution in [3.8, 4) is 11.3 Å². The molecule has 4 nitrogen and oxygen atoms in total. The van der Waals surface area contributed by atoms with Gasteiger partial charge in [-0.2, -0.15) is 0 Å². The van der Waals surface area contributed by atoms with Crippen LogP contribution in [0.2, 0.25) is 0 Å². The van der Waals surface area contributed by atoms with E-state index in [9.17, 15) is 0 Å². The molecule has 172 valence electrons. The monoisotopic (exact) mass is 448 g/mol. The molecule has 3 heterocycles. The Morgan fingerprint density at radius 1 is 0.735 bits per heavy atom. The molecule has 1 N–H and O–H groups in total. The van der Waals surface area contributed by atoms with Crippen molar-refractivity contribution in [2.75, 3.05) is 5.32 Å². The van der Waals surface area contributed by atoms with Gasteiger partial charge in [0.25, 0.3) is 0 Å². The Hall–Kier alpha value is -3.53. The molecule has 1 aliphatic rings. The molecule has 1 fully saturated rings. The van der Waals surface area contributed by atoms with Gasteiger partial charge in [0.2, 0.25) is 0 Å². The first kappa shape index (κ1) is 22.3. The molecule has 0 atom stereocenters. The number of benzene rings is 1. The number of aromatic nitrogens is 3. The topological polar surface area (TPSA) is 50.7 Å². The first-order valence-electron chi connectivity index (χ1n) is 12.3. The quantitative estimate of drug-likeness (QED) is 0.341. The van der Waals surface area contributed by atoms with Crippen LogP contribution in [0.1, 0.15) is 63.0 Å². The number of hydrogen-bond donors (Lipinski definition) is 1. The fourth-order valence-electron chi connectivity index (χ4n) is 5.04. The Balaban J connectivity index is 1.51. The van der Waals surface area contributed by atoms with Gasteiger partial charge in [0.1, 0.15) is 0 Å². The fraction of sp³-hybridized carbons (Fsp3) is 0.300. The summed E-state index contributed by atoms with van der Waals surface area (Å²) in [7, 11) is 0. The van der Waals surface area contributed by atoms with Gasteiger partial charge in [0.15, 0.2) is 0 Å². The van der Waals surface area contributed by atoms with E-state index in [0.29, 0.717) is 0 Å². The van der Waals surface area contributed by atoms with Crippen LogP contribution in [0.5, 0.6) is 0 Å². The predicted molar refractivity (Wildman–Crippen MR) is 139 cm³/mol. The maximum Gasteiger partial charge on any atom is 0.0795 e. The minimum atomic E-state index is -0.336. The molecule has 0 spiro atoms. The van der Waals surface area contributed by atoms with Crippen molar-refractivity contribution in [3.63, 3.8) is 0 Å². The Bertz CT molecular complexity index is 1230. The Labute approximate surface area is 202 Å². The predicted octanol–water partition coefficient (Wildman–Crippen LogP) is 7.14. The molecular formula is C30H32N4. The molecule has 0 bridgehead atoms. The van der Waals surface area contributed by atoms with E-state index in [0.717, 1.165) is 46.9 Å². The van der Waals surface area contributed by atoms with Crippen molar-refractivity contribution in [3.05, 3.63) is 108 Å². The van der Waals surface area contributed by atoms with Gasteiger partial charge in [0, 0.05) is 29.1 Å². The lowest BCUT2D eigenvalue weighted by molar-refractivity contribution is 0.322. The number of hydrogen-bond acceptors (Lipinski definition) is 4. The first-order valence-corrected chi connectivity index (χ1v) is 12.3. The van der Waals surface area contributed by atoms with Crippen molar-refractivity contribution >= 4 is 5.69 Å². The van der Waals surface area contributed by atoms with Gasteiger partial charge in [-0.3, -0.25) is 15.0 Å². The summed E-state index contributed by atoms with van der Waals surface area (Å²) in [4.78, 5) is 14.6. The van der Waals surface area contributed by atoms with Crippen LogP contribution < -0.4 is 5.32 Å². The number of nitrogens with one attached hydrogen (secondary N) is 1. The van der Waals surface area contributed by atoms with Gasteiger partial charge in [-0.25, -0.2) is 0 Å². The third-order valence-corrected chi connectivity index (χ3v) is 7.09. The average molecular weight is 449 g/mol. The van der Waals surface area contributed by atoms with E-state index >= 15 is 0 Å². The van der Waals surface area contributed by atoms with Crippen molar-refractivity contribution in [1.29, 1.82) is 0 Å². The second kappa shape index (κ2) is 9.38. The fourth-order valence-corrected chi connectivity index (χ4v) is 5.04. The highest BCUT2D eigenvalue weighted by Gasteiger charge is 2.36. The van der Waals surface area contributed by atoms with Crippen LogP contribution in [0.25, 0.3) is 11.3 Å². The molecule has 1 saturated carbocycles. The minimum absolute atomic E-state index is 0.142. The highest BCUT2D eigenvalue weighted by molar-refractivity contribution is 5.58. The number of rotatable bonds is 6. The second-order valence-electron chi connectivity index (χ2n) is 9.82. The molecule has 4 aromatic rings. The highest BCUT2D eigenvalue weighted by Crippen LogP contribution is 2.40. The van der Waals surface area contributed by atoms with E-state index in [-0.39, 0.29) is 11.0 Å². The normalized spacial score (nSPS) is 15.6. The summed E-state index contributed by atoms with van der Waals surface area (Å²) in [6.45, 7) is 4.43. The number of pyridine rings is 3. The standard InChI is InChI=1S/C30H32N4/c1-29(2,26-16-9-15-25(32-26)23-12-11-21-31-22-23)27-17-10-18-28(33-27)30(19-7-4-8-20-30)34-24-13-5-3-6-14-24/h3,5-6,9-18,21-22,34H,4,7-8,19-20H2,1-2H3. The van der Waals surface area contributed by atoms with E-state index in [4.69, 9.17) is 9.97 Å². The lowest BCUT2D eigenvalue weighted by Gasteiger charge is -2.39. The first-order chi connectivity index (χ1) is 16.6. The summed E-state index contributed by atoms with van der Waals surface area (Å²) in [5, 5.41) is 3.87. The van der Waals surface area contributed by atoms with Crippen LogP contribution in [-0.2, 0) is 11.0 Å². The van der Waals surface area contributed by atoms with Gasteiger partial charge in [-0.1, -0.05) is 49.6 Å². The van der Waals surface area contributed by atoms with Crippen molar-refractivity contribution < 1.29 is 0 Å². The smallest absolute Gasteiger partial charge is 0.0795 e. The minimum Gasteiger partial charge on any atom is -0.374 e. The van der Waals surface area contributed by atoms with Gasteiger partial charge < -0.3 is 5.32 Å². The van der Waals surface area contributed by atoms with E-state index in [1.165, 1.54) is 19.3 Å². The van der Waals surface area contributed by atoms with Crippen LogP contribution >= 0.6 is 0 Å². The maximum absolute atomic E-state index is 5.30. The third-order valence-electron chi connectivity index (χ3n) is 7.09. The van der Waals surface area contributed by atoms with Gasteiger partial charge in [0.05, 0.1) is 28.3 Å². The second-order valence-corrected chi connectivity index (χ2v) is 9.82. The SMILES string of the molecule is CC(C)(c1cccc(-c2cccnc2)n1)c1cccc(C2(Nc3ccccc3)CCCCC2)n1. The summed E-state index contributed by atoms with van der Waals surface area (Å²) in [5.74, 6) is 0. The number of nitrogens with zero attached hydrogens (tertiary/aromatic N) is 3. The summed E-state index contributed by atoms with van der Waals surface area (Å²) >= 11 is 0. The molecule has 4 heteroatoms. The zero-order chi connectivity index (χ0) is 23.4. The molecule has 0 amide bonds. The molecule has 0 radical (unpaired) electrons. The molecule has 1 aliphatic carbocycles. The van der Waals surface area contributed by atoms with Crippen LogP contribution in [0.15, 0.2) is 91.3 Å². The average Bonchev–Trinajstić information content (AvgIpc) is 2.90. The summed E-state index contributed by atoms with van der Waals surface area (Å²) in [6.07, 6.45) is 9.54. The molecule has 0 unspecified atom stereocenters. The van der Waals surface area contributed by atoms with Crippen molar-refractivity contribution in [1.82, 2.24) is 15.0 Å². The lowest BCUT2D eigenvalue weighted by atomic mass is 9.77. The number of anilines is 1. The lowest BCUT2D eigenvalue weighted by Crippen LogP contribution is -2.39.